The normalized spacial score (nSPS) is 10.1. The number of nitrogens with two attached hydrogens (primary N) is 1. The third-order valence-electron chi connectivity index (χ3n) is 1.23. The van der Waals surface area contributed by atoms with E-state index < -0.39 is 0 Å². The van der Waals surface area contributed by atoms with Gasteiger partial charge in [-0.1, -0.05) is 15.9 Å². The zero-order valence-corrected chi connectivity index (χ0v) is 7.19. The molecule has 0 saturated heterocycles. The second kappa shape index (κ2) is 3.61. The molecule has 0 atom stereocenters. The number of aromatic nitrogens is 2. The van der Waals surface area contributed by atoms with E-state index in [0.717, 1.165) is 23.9 Å². The van der Waals surface area contributed by atoms with E-state index in [-0.39, 0.29) is 0 Å². The van der Waals surface area contributed by atoms with Gasteiger partial charge in [-0.15, -0.1) is 0 Å². The zero-order valence-electron chi connectivity index (χ0n) is 5.60. The summed E-state index contributed by atoms with van der Waals surface area (Å²) in [5.41, 5.74) is 6.50. The lowest BCUT2D eigenvalue weighted by Gasteiger charge is -1.89. The number of halogens is 1. The smallest absolute Gasteiger partial charge is 0.145 e. The highest BCUT2D eigenvalue weighted by Crippen LogP contribution is 2.03. The molecule has 1 aromatic rings. The van der Waals surface area contributed by atoms with Crippen LogP contribution in [0.2, 0.25) is 0 Å². The molecule has 56 valence electrons. The van der Waals surface area contributed by atoms with Crippen LogP contribution in [0.3, 0.4) is 0 Å². The minimum atomic E-state index is 0.574. The van der Waals surface area contributed by atoms with E-state index in [2.05, 4.69) is 26.1 Å². The van der Waals surface area contributed by atoms with Crippen molar-refractivity contribution in [3.63, 3.8) is 0 Å². The van der Waals surface area contributed by atoms with Gasteiger partial charge >= 0.3 is 0 Å². The monoisotopic (exact) mass is 203 g/mol. The van der Waals surface area contributed by atoms with Gasteiger partial charge in [-0.25, -0.2) is 0 Å². The van der Waals surface area contributed by atoms with Crippen molar-refractivity contribution >= 4 is 21.7 Å². The molecular weight excluding hydrogens is 194 g/mol. The Bertz CT molecular complexity index is 197. The number of aryl methyl sites for hydroxylation is 1. The van der Waals surface area contributed by atoms with Crippen LogP contribution in [-0.2, 0) is 6.42 Å². The van der Waals surface area contributed by atoms with Gasteiger partial charge in [0, 0.05) is 17.1 Å². The van der Waals surface area contributed by atoms with E-state index in [4.69, 9.17) is 5.73 Å². The van der Waals surface area contributed by atoms with Crippen molar-refractivity contribution in [1.29, 1.82) is 0 Å². The van der Waals surface area contributed by atoms with Crippen LogP contribution in [0.5, 0.6) is 0 Å². The Morgan fingerprint density at radius 2 is 2.50 bits per heavy atom. The van der Waals surface area contributed by atoms with Crippen molar-refractivity contribution in [2.24, 2.45) is 0 Å². The van der Waals surface area contributed by atoms with E-state index in [1.807, 2.05) is 6.07 Å². The van der Waals surface area contributed by atoms with Gasteiger partial charge < -0.3 is 5.73 Å². The summed E-state index contributed by atoms with van der Waals surface area (Å²) in [6.07, 6.45) is 2.12. The lowest BCUT2D eigenvalue weighted by Crippen LogP contribution is -1.85. The summed E-state index contributed by atoms with van der Waals surface area (Å²) in [5, 5.41) is 7.67. The average Bonchev–Trinajstić information content (AvgIpc) is 2.31. The third kappa shape index (κ3) is 2.02. The molecule has 0 saturated carbocycles. The number of alkyl halides is 1. The van der Waals surface area contributed by atoms with Gasteiger partial charge in [0.1, 0.15) is 5.82 Å². The second-order valence-corrected chi connectivity index (χ2v) is 2.90. The number of hydrogen-bond acceptors (Lipinski definition) is 2. The number of anilines is 1. The molecule has 0 fully saturated rings. The minimum Gasteiger partial charge on any atom is -0.382 e. The summed E-state index contributed by atoms with van der Waals surface area (Å²) in [6.45, 7) is 0. The van der Waals surface area contributed by atoms with Gasteiger partial charge in [0.2, 0.25) is 0 Å². The van der Waals surface area contributed by atoms with E-state index in [9.17, 15) is 0 Å². The Balaban J connectivity index is 2.42. The van der Waals surface area contributed by atoms with Crippen molar-refractivity contribution in [2.45, 2.75) is 12.8 Å². The van der Waals surface area contributed by atoms with Gasteiger partial charge in [0.25, 0.3) is 0 Å². The topological polar surface area (TPSA) is 54.7 Å². The zero-order chi connectivity index (χ0) is 7.40. The number of nitrogens with zero attached hydrogens (tertiary/aromatic N) is 1. The molecule has 10 heavy (non-hydrogen) atoms. The predicted molar refractivity (Wildman–Crippen MR) is 45.1 cm³/mol. The van der Waals surface area contributed by atoms with E-state index in [0.29, 0.717) is 5.82 Å². The van der Waals surface area contributed by atoms with E-state index in [1.165, 1.54) is 0 Å². The number of rotatable bonds is 3. The Labute approximate surface area is 68.1 Å². The Hall–Kier alpha value is -0.510. The number of nitrogens with one attached hydrogen (secondary N) is 1. The van der Waals surface area contributed by atoms with Crippen molar-refractivity contribution in [3.8, 4) is 0 Å². The summed E-state index contributed by atoms with van der Waals surface area (Å²) in [6, 6.07) is 1.86. The van der Waals surface area contributed by atoms with Crippen LogP contribution in [0.15, 0.2) is 6.07 Å². The lowest BCUT2D eigenvalue weighted by atomic mass is 10.2. The molecular formula is C6H10BrN3. The molecule has 1 heterocycles. The SMILES string of the molecule is Nc1cc(CCCBr)[nH]n1. The van der Waals surface area contributed by atoms with Crippen molar-refractivity contribution in [2.75, 3.05) is 11.1 Å². The molecule has 4 heteroatoms. The van der Waals surface area contributed by atoms with Crippen molar-refractivity contribution in [3.05, 3.63) is 11.8 Å². The predicted octanol–water partition coefficient (Wildman–Crippen LogP) is 1.32. The quantitative estimate of drug-likeness (QED) is 0.729. The highest BCUT2D eigenvalue weighted by atomic mass is 79.9. The molecule has 1 rings (SSSR count). The largest absolute Gasteiger partial charge is 0.382 e. The summed E-state index contributed by atoms with van der Waals surface area (Å²) in [4.78, 5) is 0. The number of hydrogen-bond donors (Lipinski definition) is 2. The standard InChI is InChI=1S/C6H10BrN3/c7-3-1-2-5-4-6(8)10-9-5/h4H,1-3H2,(H3,8,9,10). The van der Waals surface area contributed by atoms with Gasteiger partial charge in [-0.05, 0) is 12.8 Å². The van der Waals surface area contributed by atoms with Gasteiger partial charge in [-0.2, -0.15) is 5.10 Å². The third-order valence-corrected chi connectivity index (χ3v) is 1.79. The molecule has 0 aliphatic carbocycles. The van der Waals surface area contributed by atoms with Crippen LogP contribution in [0, 0.1) is 0 Å². The maximum absolute atomic E-state index is 5.40. The van der Waals surface area contributed by atoms with Gasteiger partial charge in [0.15, 0.2) is 0 Å². The number of H-pyrrole nitrogens is 1. The fourth-order valence-corrected chi connectivity index (χ4v) is 1.05. The molecule has 0 aliphatic rings. The fraction of sp³-hybridized carbons (Fsp3) is 0.500. The first-order chi connectivity index (χ1) is 4.83. The van der Waals surface area contributed by atoms with Gasteiger partial charge in [0.05, 0.1) is 0 Å². The molecule has 0 bridgehead atoms. The summed E-state index contributed by atoms with van der Waals surface area (Å²) < 4.78 is 0. The molecule has 0 aromatic carbocycles. The van der Waals surface area contributed by atoms with Gasteiger partial charge in [-0.3, -0.25) is 5.10 Å². The number of aromatic amines is 1. The molecule has 3 N–H and O–H groups in total. The molecule has 0 amide bonds. The molecule has 0 radical (unpaired) electrons. The lowest BCUT2D eigenvalue weighted by molar-refractivity contribution is 0.879. The summed E-state index contributed by atoms with van der Waals surface area (Å²) in [5.74, 6) is 0.574. The molecule has 1 aromatic heterocycles. The maximum Gasteiger partial charge on any atom is 0.145 e. The molecule has 0 aliphatic heterocycles. The maximum atomic E-state index is 5.40. The highest BCUT2D eigenvalue weighted by molar-refractivity contribution is 9.09. The fourth-order valence-electron chi connectivity index (χ4n) is 0.765. The van der Waals surface area contributed by atoms with Crippen LogP contribution < -0.4 is 5.73 Å². The van der Waals surface area contributed by atoms with Crippen LogP contribution in [-0.4, -0.2) is 15.5 Å². The highest BCUT2D eigenvalue weighted by Gasteiger charge is 1.95. The van der Waals surface area contributed by atoms with E-state index >= 15 is 0 Å². The Morgan fingerprint density at radius 1 is 1.70 bits per heavy atom. The molecule has 0 spiro atoms. The summed E-state index contributed by atoms with van der Waals surface area (Å²) >= 11 is 3.35. The first kappa shape index (κ1) is 7.60. The average molecular weight is 204 g/mol. The van der Waals surface area contributed by atoms with Crippen LogP contribution in [0.4, 0.5) is 5.82 Å². The van der Waals surface area contributed by atoms with Crippen molar-refractivity contribution < 1.29 is 0 Å². The van der Waals surface area contributed by atoms with Crippen molar-refractivity contribution in [1.82, 2.24) is 10.2 Å². The van der Waals surface area contributed by atoms with Crippen LogP contribution in [0.1, 0.15) is 12.1 Å². The Kier molecular flexibility index (Phi) is 2.74. The number of nitrogen functional groups attached to an aromatic ring is 1. The summed E-state index contributed by atoms with van der Waals surface area (Å²) in [7, 11) is 0. The van der Waals surface area contributed by atoms with Crippen LogP contribution in [0.25, 0.3) is 0 Å². The minimum absolute atomic E-state index is 0.574. The first-order valence-electron chi connectivity index (χ1n) is 3.18. The Morgan fingerprint density at radius 3 is 3.00 bits per heavy atom. The molecule has 0 unspecified atom stereocenters. The van der Waals surface area contributed by atoms with Crippen LogP contribution >= 0.6 is 15.9 Å². The molecule has 3 nitrogen and oxygen atoms in total. The second-order valence-electron chi connectivity index (χ2n) is 2.11. The first-order valence-corrected chi connectivity index (χ1v) is 4.31. The van der Waals surface area contributed by atoms with E-state index in [1.54, 1.807) is 0 Å².